The third-order valence-electron chi connectivity index (χ3n) is 6.10. The van der Waals surface area contributed by atoms with Crippen LogP contribution in [-0.2, 0) is 9.53 Å². The number of hydrogen-bond donors (Lipinski definition) is 0. The van der Waals surface area contributed by atoms with Crippen molar-refractivity contribution in [2.24, 2.45) is 4.99 Å². The maximum Gasteiger partial charge on any atom is 0.343 e. The van der Waals surface area contributed by atoms with Crippen LogP contribution in [0, 0.1) is 0 Å². The highest BCUT2D eigenvalue weighted by Gasteiger charge is 2.33. The number of ether oxygens (including phenoxy) is 2. The fraction of sp³-hybridized carbons (Fsp3) is 0.133. The predicted molar refractivity (Wildman–Crippen MR) is 150 cm³/mol. The molecule has 1 aliphatic rings. The van der Waals surface area contributed by atoms with Gasteiger partial charge in [-0.15, -0.1) is 0 Å². The summed E-state index contributed by atoms with van der Waals surface area (Å²) < 4.78 is 12.8. The molecular formula is C30H23ClN2O5S. The van der Waals surface area contributed by atoms with Crippen LogP contribution in [0.15, 0.2) is 99.9 Å². The van der Waals surface area contributed by atoms with E-state index in [1.807, 2.05) is 30.3 Å². The van der Waals surface area contributed by atoms with E-state index in [2.05, 4.69) is 4.99 Å². The molecule has 0 aliphatic carbocycles. The summed E-state index contributed by atoms with van der Waals surface area (Å²) in [5.74, 6) is -0.626. The van der Waals surface area contributed by atoms with Gasteiger partial charge in [0.25, 0.3) is 5.56 Å². The lowest BCUT2D eigenvalue weighted by atomic mass is 9.96. The summed E-state index contributed by atoms with van der Waals surface area (Å²) in [6, 6.07) is 22.0. The second kappa shape index (κ2) is 11.2. The smallest absolute Gasteiger partial charge is 0.343 e. The molecule has 1 aliphatic heterocycles. The van der Waals surface area contributed by atoms with Crippen molar-refractivity contribution in [3.63, 3.8) is 0 Å². The number of carbonyl (C=O) groups is 2. The van der Waals surface area contributed by atoms with Crippen LogP contribution < -0.4 is 19.6 Å². The van der Waals surface area contributed by atoms with Crippen LogP contribution in [0.3, 0.4) is 0 Å². The molecule has 0 amide bonds. The minimum Gasteiger partial charge on any atom is -0.463 e. The highest BCUT2D eigenvalue weighted by molar-refractivity contribution is 7.07. The number of aromatic nitrogens is 1. The van der Waals surface area contributed by atoms with E-state index in [0.717, 1.165) is 11.1 Å². The first-order chi connectivity index (χ1) is 18.9. The normalized spacial score (nSPS) is 14.9. The number of thiazole rings is 1. The van der Waals surface area contributed by atoms with Gasteiger partial charge in [-0.05, 0) is 67.4 Å². The Morgan fingerprint density at radius 2 is 1.69 bits per heavy atom. The molecule has 0 spiro atoms. The number of benzene rings is 3. The van der Waals surface area contributed by atoms with Gasteiger partial charge in [-0.2, -0.15) is 0 Å². The van der Waals surface area contributed by atoms with E-state index in [0.29, 0.717) is 36.9 Å². The Kier molecular flexibility index (Phi) is 7.58. The number of nitrogens with zero attached hydrogens (tertiary/aromatic N) is 2. The van der Waals surface area contributed by atoms with Crippen molar-refractivity contribution >= 4 is 41.0 Å². The Morgan fingerprint density at radius 1 is 1.00 bits per heavy atom. The molecule has 0 unspecified atom stereocenters. The van der Waals surface area contributed by atoms with Crippen molar-refractivity contribution in [1.29, 1.82) is 0 Å². The first kappa shape index (κ1) is 26.3. The second-order valence-corrected chi connectivity index (χ2v) is 10.1. The molecule has 3 aromatic carbocycles. The van der Waals surface area contributed by atoms with Gasteiger partial charge in [-0.1, -0.05) is 65.4 Å². The van der Waals surface area contributed by atoms with E-state index >= 15 is 0 Å². The largest absolute Gasteiger partial charge is 0.463 e. The van der Waals surface area contributed by atoms with E-state index in [1.165, 1.54) is 11.3 Å². The van der Waals surface area contributed by atoms with Crippen LogP contribution in [0.25, 0.3) is 6.08 Å². The Balaban J connectivity index is 1.49. The first-order valence-electron chi connectivity index (χ1n) is 12.2. The van der Waals surface area contributed by atoms with Crippen molar-refractivity contribution in [2.75, 3.05) is 6.61 Å². The van der Waals surface area contributed by atoms with Gasteiger partial charge in [0.15, 0.2) is 4.80 Å². The Bertz CT molecular complexity index is 1760. The summed E-state index contributed by atoms with van der Waals surface area (Å²) in [6.07, 6.45) is 1.75. The SMILES string of the molecule is CCOC(=O)C1=C(C)N=c2s/c(=C/c3ccc(OC(=O)c4ccc(Cl)cc4)cc3)c(=O)n2[C@@H]1c1ccccc1. The minimum atomic E-state index is -0.654. The highest BCUT2D eigenvalue weighted by atomic mass is 35.5. The number of hydrogen-bond acceptors (Lipinski definition) is 7. The van der Waals surface area contributed by atoms with Gasteiger partial charge in [0.1, 0.15) is 5.75 Å². The van der Waals surface area contributed by atoms with Gasteiger partial charge in [-0.25, -0.2) is 14.6 Å². The molecule has 196 valence electrons. The fourth-order valence-corrected chi connectivity index (χ4v) is 5.45. The molecule has 5 rings (SSSR count). The minimum absolute atomic E-state index is 0.215. The molecule has 0 saturated heterocycles. The summed E-state index contributed by atoms with van der Waals surface area (Å²) in [4.78, 5) is 44.0. The van der Waals surface area contributed by atoms with Gasteiger partial charge < -0.3 is 9.47 Å². The Hall–Kier alpha value is -4.27. The molecule has 0 radical (unpaired) electrons. The van der Waals surface area contributed by atoms with E-state index in [9.17, 15) is 14.4 Å². The van der Waals surface area contributed by atoms with Gasteiger partial charge in [0.2, 0.25) is 0 Å². The van der Waals surface area contributed by atoms with Crippen molar-refractivity contribution in [1.82, 2.24) is 4.57 Å². The van der Waals surface area contributed by atoms with Crippen molar-refractivity contribution in [2.45, 2.75) is 19.9 Å². The van der Waals surface area contributed by atoms with Crippen LogP contribution in [0.1, 0.15) is 41.4 Å². The fourth-order valence-electron chi connectivity index (χ4n) is 4.28. The molecule has 0 saturated carbocycles. The van der Waals surface area contributed by atoms with Crippen LogP contribution in [0.4, 0.5) is 0 Å². The number of halogens is 1. The van der Waals surface area contributed by atoms with Gasteiger partial charge in [-0.3, -0.25) is 9.36 Å². The molecule has 9 heteroatoms. The standard InChI is InChI=1S/C30H23ClN2O5S/c1-3-37-29(36)25-18(2)32-30-33(26(25)20-7-5-4-6-8-20)27(34)24(39-30)17-19-9-15-23(16-10-19)38-28(35)21-11-13-22(31)14-12-21/h4-17,26H,3H2,1-2H3/b24-17+/t26-/m1/s1. The number of esters is 2. The molecule has 1 atom stereocenters. The van der Waals surface area contributed by atoms with Crippen LogP contribution >= 0.6 is 22.9 Å². The van der Waals surface area contributed by atoms with Crippen molar-refractivity contribution in [3.8, 4) is 5.75 Å². The van der Waals surface area contributed by atoms with Gasteiger partial charge in [0, 0.05) is 5.02 Å². The van der Waals surface area contributed by atoms with Crippen LogP contribution in [0.5, 0.6) is 5.75 Å². The lowest BCUT2D eigenvalue weighted by Gasteiger charge is -2.24. The molecule has 39 heavy (non-hydrogen) atoms. The lowest BCUT2D eigenvalue weighted by Crippen LogP contribution is -2.39. The van der Waals surface area contributed by atoms with Crippen LogP contribution in [0.2, 0.25) is 5.02 Å². The Morgan fingerprint density at radius 3 is 2.36 bits per heavy atom. The summed E-state index contributed by atoms with van der Waals surface area (Å²) in [5, 5.41) is 0.531. The predicted octanol–water partition coefficient (Wildman–Crippen LogP) is 4.67. The number of carbonyl (C=O) groups excluding carboxylic acids is 2. The third-order valence-corrected chi connectivity index (χ3v) is 7.34. The van der Waals surface area contributed by atoms with E-state index < -0.39 is 18.0 Å². The first-order valence-corrected chi connectivity index (χ1v) is 13.4. The van der Waals surface area contributed by atoms with E-state index in [-0.39, 0.29) is 12.2 Å². The lowest BCUT2D eigenvalue weighted by molar-refractivity contribution is -0.139. The molecular weight excluding hydrogens is 536 g/mol. The average molecular weight is 559 g/mol. The zero-order chi connectivity index (χ0) is 27.5. The maximum absolute atomic E-state index is 13.7. The second-order valence-electron chi connectivity index (χ2n) is 8.68. The van der Waals surface area contributed by atoms with Crippen LogP contribution in [-0.4, -0.2) is 23.1 Å². The zero-order valence-electron chi connectivity index (χ0n) is 21.1. The molecule has 1 aromatic heterocycles. The molecule has 2 heterocycles. The molecule has 7 nitrogen and oxygen atoms in total. The molecule has 0 bridgehead atoms. The summed E-state index contributed by atoms with van der Waals surface area (Å²) in [7, 11) is 0. The van der Waals surface area contributed by atoms with E-state index in [1.54, 1.807) is 73.0 Å². The van der Waals surface area contributed by atoms with E-state index in [4.69, 9.17) is 21.1 Å². The van der Waals surface area contributed by atoms with Crippen molar-refractivity contribution < 1.29 is 19.1 Å². The number of fused-ring (bicyclic) bond motifs is 1. The van der Waals surface area contributed by atoms with Crippen molar-refractivity contribution in [3.05, 3.63) is 132 Å². The molecule has 0 fully saturated rings. The zero-order valence-corrected chi connectivity index (χ0v) is 22.7. The topological polar surface area (TPSA) is 87.0 Å². The van der Waals surface area contributed by atoms with Gasteiger partial charge in [0.05, 0.1) is 34.0 Å². The number of allylic oxidation sites excluding steroid dienone is 1. The third kappa shape index (κ3) is 5.48. The maximum atomic E-state index is 13.7. The molecule has 4 aromatic rings. The Labute approximate surface area is 232 Å². The average Bonchev–Trinajstić information content (AvgIpc) is 3.23. The number of rotatable bonds is 6. The highest BCUT2D eigenvalue weighted by Crippen LogP contribution is 2.30. The summed E-state index contributed by atoms with van der Waals surface area (Å²) in [5.41, 5.74) is 2.50. The quantitative estimate of drug-likeness (QED) is 0.253. The summed E-state index contributed by atoms with van der Waals surface area (Å²) in [6.45, 7) is 3.71. The monoisotopic (exact) mass is 558 g/mol. The van der Waals surface area contributed by atoms with Gasteiger partial charge >= 0.3 is 11.9 Å². The molecule has 0 N–H and O–H groups in total. The summed E-state index contributed by atoms with van der Waals surface area (Å²) >= 11 is 7.12.